The molecule has 0 atom stereocenters. The molecule has 4 rings (SSSR count). The second kappa shape index (κ2) is 8.86. The van der Waals surface area contributed by atoms with Crippen molar-refractivity contribution >= 4 is 5.91 Å². The van der Waals surface area contributed by atoms with Crippen LogP contribution in [0.15, 0.2) is 36.7 Å². The van der Waals surface area contributed by atoms with Gasteiger partial charge in [-0.05, 0) is 50.9 Å². The molecule has 0 bridgehead atoms. The highest BCUT2D eigenvalue weighted by atomic mass is 19.1. The van der Waals surface area contributed by atoms with Gasteiger partial charge in [-0.25, -0.2) is 9.37 Å². The number of amides is 1. The van der Waals surface area contributed by atoms with Gasteiger partial charge in [-0.3, -0.25) is 9.78 Å². The summed E-state index contributed by atoms with van der Waals surface area (Å²) in [5.74, 6) is 1.02. The van der Waals surface area contributed by atoms with Crippen LogP contribution >= 0.6 is 0 Å². The number of hydrogen-bond acceptors (Lipinski definition) is 5. The van der Waals surface area contributed by atoms with Crippen molar-refractivity contribution in [3.8, 4) is 11.6 Å². The average molecular weight is 398 g/mol. The lowest BCUT2D eigenvalue weighted by atomic mass is 9.91. The summed E-state index contributed by atoms with van der Waals surface area (Å²) in [4.78, 5) is 24.9. The number of rotatable bonds is 4. The van der Waals surface area contributed by atoms with Crippen molar-refractivity contribution in [1.82, 2.24) is 19.8 Å². The molecule has 1 aromatic carbocycles. The number of hydrogen-bond donors (Lipinski definition) is 0. The molecule has 0 radical (unpaired) electrons. The largest absolute Gasteiger partial charge is 0.437 e. The molecule has 1 amide bonds. The minimum absolute atomic E-state index is 0.177. The van der Waals surface area contributed by atoms with E-state index in [1.165, 1.54) is 12.1 Å². The molecule has 0 spiro atoms. The summed E-state index contributed by atoms with van der Waals surface area (Å²) in [6, 6.07) is 6.64. The number of benzene rings is 1. The fourth-order valence-corrected chi connectivity index (χ4v) is 4.42. The minimum Gasteiger partial charge on any atom is -0.437 e. The molecule has 7 heteroatoms. The summed E-state index contributed by atoms with van der Waals surface area (Å²) in [6.45, 7) is 5.37. The number of ether oxygens (including phenoxy) is 1. The van der Waals surface area contributed by atoms with Crippen LogP contribution in [0.4, 0.5) is 4.39 Å². The van der Waals surface area contributed by atoms with Gasteiger partial charge in [0.05, 0.1) is 0 Å². The van der Waals surface area contributed by atoms with Crippen LogP contribution in [0.3, 0.4) is 0 Å². The number of nitrogens with zero attached hydrogens (tertiary/aromatic N) is 4. The summed E-state index contributed by atoms with van der Waals surface area (Å²) < 4.78 is 19.3. The van der Waals surface area contributed by atoms with E-state index in [1.54, 1.807) is 31.5 Å². The van der Waals surface area contributed by atoms with Crippen molar-refractivity contribution in [2.75, 3.05) is 26.2 Å². The van der Waals surface area contributed by atoms with Gasteiger partial charge in [0.2, 0.25) is 11.8 Å². The van der Waals surface area contributed by atoms with E-state index < -0.39 is 0 Å². The standard InChI is InChI=1S/C22H27FN4O2/c1-16(28)26-13-7-19(8-14-26)27-11-5-17(6-12-27)21-22(25-10-9-24-21)29-20-4-2-3-18(23)15-20/h2-4,9-10,15,17,19H,5-8,11-14H2,1H3. The first kappa shape index (κ1) is 19.8. The zero-order valence-corrected chi connectivity index (χ0v) is 16.8. The molecule has 0 N–H and O–H groups in total. The van der Waals surface area contributed by atoms with E-state index in [1.807, 2.05) is 4.90 Å². The topological polar surface area (TPSA) is 58.6 Å². The van der Waals surface area contributed by atoms with Crippen LogP contribution in [0.2, 0.25) is 0 Å². The maximum absolute atomic E-state index is 13.5. The van der Waals surface area contributed by atoms with Gasteiger partial charge < -0.3 is 14.5 Å². The molecular formula is C22H27FN4O2. The van der Waals surface area contributed by atoms with E-state index in [-0.39, 0.29) is 17.6 Å². The van der Waals surface area contributed by atoms with E-state index in [2.05, 4.69) is 14.9 Å². The first-order valence-electron chi connectivity index (χ1n) is 10.3. The lowest BCUT2D eigenvalue weighted by molar-refractivity contribution is -0.130. The van der Waals surface area contributed by atoms with Crippen LogP contribution in [-0.4, -0.2) is 57.9 Å². The highest BCUT2D eigenvalue weighted by Gasteiger charge is 2.31. The van der Waals surface area contributed by atoms with Crippen molar-refractivity contribution < 1.29 is 13.9 Å². The van der Waals surface area contributed by atoms with Crippen LogP contribution in [0.5, 0.6) is 11.6 Å². The number of aromatic nitrogens is 2. The Morgan fingerprint density at radius 3 is 2.48 bits per heavy atom. The summed E-state index contributed by atoms with van der Waals surface area (Å²) in [7, 11) is 0. The fourth-order valence-electron chi connectivity index (χ4n) is 4.42. The van der Waals surface area contributed by atoms with Crippen molar-refractivity contribution in [3.05, 3.63) is 48.2 Å². The predicted molar refractivity (Wildman–Crippen MR) is 107 cm³/mol. The number of halogens is 1. The predicted octanol–water partition coefficient (Wildman–Crippen LogP) is 3.60. The second-order valence-corrected chi connectivity index (χ2v) is 7.85. The van der Waals surface area contributed by atoms with Crippen molar-refractivity contribution in [1.29, 1.82) is 0 Å². The Labute approximate surface area is 170 Å². The van der Waals surface area contributed by atoms with Gasteiger partial charge in [0.1, 0.15) is 17.3 Å². The van der Waals surface area contributed by atoms with Gasteiger partial charge in [0, 0.05) is 50.4 Å². The van der Waals surface area contributed by atoms with E-state index in [0.29, 0.717) is 17.7 Å². The van der Waals surface area contributed by atoms with Crippen molar-refractivity contribution in [2.24, 2.45) is 0 Å². The number of likely N-dealkylation sites (tertiary alicyclic amines) is 2. The van der Waals surface area contributed by atoms with Crippen molar-refractivity contribution in [2.45, 2.75) is 44.6 Å². The van der Waals surface area contributed by atoms with Gasteiger partial charge in [-0.2, -0.15) is 0 Å². The number of carbonyl (C=O) groups is 1. The molecule has 154 valence electrons. The molecule has 0 saturated carbocycles. The summed E-state index contributed by atoms with van der Waals surface area (Å²) in [6.07, 6.45) is 7.37. The zero-order chi connectivity index (χ0) is 20.2. The first-order chi connectivity index (χ1) is 14.1. The molecule has 2 aliphatic rings. The van der Waals surface area contributed by atoms with Crippen LogP contribution in [0, 0.1) is 5.82 Å². The molecule has 2 aromatic rings. The molecule has 6 nitrogen and oxygen atoms in total. The Balaban J connectivity index is 1.37. The third-order valence-electron chi connectivity index (χ3n) is 6.04. The highest BCUT2D eigenvalue weighted by Crippen LogP contribution is 2.34. The summed E-state index contributed by atoms with van der Waals surface area (Å²) >= 11 is 0. The highest BCUT2D eigenvalue weighted by molar-refractivity contribution is 5.73. The first-order valence-corrected chi connectivity index (χ1v) is 10.3. The van der Waals surface area contributed by atoms with E-state index in [0.717, 1.165) is 57.6 Å². The van der Waals surface area contributed by atoms with Gasteiger partial charge in [-0.1, -0.05) is 6.07 Å². The Kier molecular flexibility index (Phi) is 6.04. The monoisotopic (exact) mass is 398 g/mol. The molecule has 2 aliphatic heterocycles. The van der Waals surface area contributed by atoms with E-state index in [9.17, 15) is 9.18 Å². The maximum Gasteiger partial charge on any atom is 0.241 e. The van der Waals surface area contributed by atoms with E-state index in [4.69, 9.17) is 4.74 Å². The Morgan fingerprint density at radius 2 is 1.79 bits per heavy atom. The van der Waals surface area contributed by atoms with Crippen LogP contribution < -0.4 is 4.74 Å². The third kappa shape index (κ3) is 4.72. The molecule has 1 aromatic heterocycles. The van der Waals surface area contributed by atoms with Crippen LogP contribution in [0.25, 0.3) is 0 Å². The maximum atomic E-state index is 13.5. The molecule has 29 heavy (non-hydrogen) atoms. The van der Waals surface area contributed by atoms with E-state index >= 15 is 0 Å². The smallest absolute Gasteiger partial charge is 0.241 e. The quantitative estimate of drug-likeness (QED) is 0.788. The van der Waals surface area contributed by atoms with Gasteiger partial charge in [0.25, 0.3) is 0 Å². The number of piperidine rings is 2. The molecule has 3 heterocycles. The van der Waals surface area contributed by atoms with Crippen LogP contribution in [-0.2, 0) is 4.79 Å². The minimum atomic E-state index is -0.336. The lowest BCUT2D eigenvalue weighted by Gasteiger charge is -2.41. The third-order valence-corrected chi connectivity index (χ3v) is 6.04. The van der Waals surface area contributed by atoms with Gasteiger partial charge in [-0.15, -0.1) is 0 Å². The molecular weight excluding hydrogens is 371 g/mol. The van der Waals surface area contributed by atoms with Crippen molar-refractivity contribution in [3.63, 3.8) is 0 Å². The molecule has 0 unspecified atom stereocenters. The second-order valence-electron chi connectivity index (χ2n) is 7.85. The summed E-state index contributed by atoms with van der Waals surface area (Å²) in [5, 5.41) is 0. The lowest BCUT2D eigenvalue weighted by Crippen LogP contribution is -2.48. The van der Waals surface area contributed by atoms with Gasteiger partial charge >= 0.3 is 0 Å². The molecule has 2 fully saturated rings. The SMILES string of the molecule is CC(=O)N1CCC(N2CCC(c3nccnc3Oc3cccc(F)c3)CC2)CC1. The Bertz CT molecular complexity index is 846. The number of carbonyl (C=O) groups excluding carboxylic acids is 1. The normalized spacial score (nSPS) is 19.3. The molecule has 2 saturated heterocycles. The fraction of sp³-hybridized carbons (Fsp3) is 0.500. The zero-order valence-electron chi connectivity index (χ0n) is 16.8. The molecule has 0 aliphatic carbocycles. The summed E-state index contributed by atoms with van der Waals surface area (Å²) in [5.41, 5.74) is 0.850. The van der Waals surface area contributed by atoms with Gasteiger partial charge in [0.15, 0.2) is 0 Å². The Hall–Kier alpha value is -2.54. The average Bonchev–Trinajstić information content (AvgIpc) is 2.74. The van der Waals surface area contributed by atoms with Crippen LogP contribution in [0.1, 0.15) is 44.2 Å². The Morgan fingerprint density at radius 1 is 1.07 bits per heavy atom.